The van der Waals surface area contributed by atoms with Gasteiger partial charge >= 0.3 is 6.18 Å². The highest BCUT2D eigenvalue weighted by Gasteiger charge is 2.34. The van der Waals surface area contributed by atoms with Gasteiger partial charge in [-0.15, -0.1) is 0 Å². The van der Waals surface area contributed by atoms with Gasteiger partial charge in [0.15, 0.2) is 0 Å². The predicted octanol–water partition coefficient (Wildman–Crippen LogP) is 6.60. The Kier molecular flexibility index (Phi) is 8.59. The van der Waals surface area contributed by atoms with Crippen molar-refractivity contribution in [3.8, 4) is 11.8 Å². The van der Waals surface area contributed by atoms with E-state index in [0.717, 1.165) is 16.2 Å². The molecule has 0 atom stereocenters. The summed E-state index contributed by atoms with van der Waals surface area (Å²) >= 11 is 6.55. The molecule has 0 bridgehead atoms. The Balaban J connectivity index is 1.75. The van der Waals surface area contributed by atoms with E-state index in [9.17, 15) is 23.2 Å². The number of rotatable bonds is 7. The highest BCUT2D eigenvalue weighted by Crippen LogP contribution is 2.31. The number of aliphatic imine (C=N–C) groups is 1. The van der Waals surface area contributed by atoms with E-state index in [2.05, 4.69) is 21.0 Å². The van der Waals surface area contributed by atoms with Crippen LogP contribution < -0.4 is 10.3 Å². The standard InChI is InChI=1S/C30H25ClF3N5O2/c1-5-19(14-35)27(36-4)21-12-17(2)38-28-20(21)8-6-10-26(28)41-16-22-24(31)13-18(3)37-25(22)15-39-11-7-9-23(29(39)40)30(32,33)34/h5-13H,15-16H2,1-4H3/b19-5-,36-27?. The largest absolute Gasteiger partial charge is 0.486 e. The number of hydrogen-bond acceptors (Lipinski definition) is 6. The van der Waals surface area contributed by atoms with Gasteiger partial charge in [-0.05, 0) is 51.1 Å². The van der Waals surface area contributed by atoms with Crippen LogP contribution in [0.15, 0.2) is 70.1 Å². The van der Waals surface area contributed by atoms with Crippen LogP contribution in [-0.4, -0.2) is 27.3 Å². The van der Waals surface area contributed by atoms with E-state index < -0.39 is 17.3 Å². The van der Waals surface area contributed by atoms with Crippen molar-refractivity contribution in [2.24, 2.45) is 4.99 Å². The fourth-order valence-corrected chi connectivity index (χ4v) is 4.82. The second kappa shape index (κ2) is 11.9. The highest BCUT2D eigenvalue weighted by atomic mass is 35.5. The minimum atomic E-state index is -4.79. The van der Waals surface area contributed by atoms with E-state index in [1.807, 2.05) is 19.1 Å². The zero-order valence-electron chi connectivity index (χ0n) is 22.7. The zero-order chi connectivity index (χ0) is 29.9. The number of nitriles is 1. The summed E-state index contributed by atoms with van der Waals surface area (Å²) in [6.07, 6.45) is -1.83. The lowest BCUT2D eigenvalue weighted by atomic mass is 9.98. The number of allylic oxidation sites excluding steroid dienone is 2. The molecule has 0 aliphatic rings. The maximum Gasteiger partial charge on any atom is 0.421 e. The lowest BCUT2D eigenvalue weighted by Gasteiger charge is -2.17. The Hall–Kier alpha value is -4.49. The van der Waals surface area contributed by atoms with Crippen molar-refractivity contribution in [3.05, 3.63) is 109 Å². The van der Waals surface area contributed by atoms with Gasteiger partial charge < -0.3 is 9.30 Å². The number of ether oxygens (including phenoxy) is 1. The van der Waals surface area contributed by atoms with E-state index in [1.54, 1.807) is 45.2 Å². The minimum absolute atomic E-state index is 0.0910. The van der Waals surface area contributed by atoms with Gasteiger partial charge in [-0.25, -0.2) is 4.98 Å². The number of alkyl halides is 3. The van der Waals surface area contributed by atoms with Gasteiger partial charge in [0.25, 0.3) is 5.56 Å². The molecular formula is C30H25ClF3N5O2. The molecule has 3 aromatic heterocycles. The number of aromatic nitrogens is 3. The van der Waals surface area contributed by atoms with Crippen molar-refractivity contribution in [1.29, 1.82) is 5.26 Å². The Bertz CT molecular complexity index is 1800. The van der Waals surface area contributed by atoms with Crippen molar-refractivity contribution in [2.75, 3.05) is 7.05 Å². The van der Waals surface area contributed by atoms with E-state index in [0.29, 0.717) is 55.6 Å². The van der Waals surface area contributed by atoms with Crippen LogP contribution in [0.2, 0.25) is 5.02 Å². The predicted molar refractivity (Wildman–Crippen MR) is 151 cm³/mol. The molecule has 0 radical (unpaired) electrons. The molecule has 1 aromatic carbocycles. The monoisotopic (exact) mass is 579 g/mol. The molecule has 0 fully saturated rings. The lowest BCUT2D eigenvalue weighted by molar-refractivity contribution is -0.138. The molecule has 3 heterocycles. The molecular weight excluding hydrogens is 555 g/mol. The third kappa shape index (κ3) is 6.15. The van der Waals surface area contributed by atoms with Crippen LogP contribution in [-0.2, 0) is 19.3 Å². The molecule has 0 N–H and O–H groups in total. The normalized spacial score (nSPS) is 12.5. The lowest BCUT2D eigenvalue weighted by Crippen LogP contribution is -2.29. The second-order valence-electron chi connectivity index (χ2n) is 9.16. The summed E-state index contributed by atoms with van der Waals surface area (Å²) in [5, 5.41) is 10.6. The topological polar surface area (TPSA) is 93.2 Å². The van der Waals surface area contributed by atoms with Crippen LogP contribution in [0, 0.1) is 25.2 Å². The quantitative estimate of drug-likeness (QED) is 0.182. The van der Waals surface area contributed by atoms with Gasteiger partial charge in [0.05, 0.1) is 28.5 Å². The van der Waals surface area contributed by atoms with Crippen molar-refractivity contribution >= 4 is 28.2 Å². The van der Waals surface area contributed by atoms with Crippen LogP contribution in [0.5, 0.6) is 5.75 Å². The van der Waals surface area contributed by atoms with Gasteiger partial charge in [0.2, 0.25) is 0 Å². The summed E-state index contributed by atoms with van der Waals surface area (Å²) in [5.41, 5.74) is 1.66. The maximum atomic E-state index is 13.3. The average molecular weight is 580 g/mol. The molecule has 4 aromatic rings. The molecule has 11 heteroatoms. The van der Waals surface area contributed by atoms with Crippen LogP contribution >= 0.6 is 11.6 Å². The van der Waals surface area contributed by atoms with Crippen LogP contribution in [0.3, 0.4) is 0 Å². The van der Waals surface area contributed by atoms with Gasteiger partial charge in [0.1, 0.15) is 29.5 Å². The summed E-state index contributed by atoms with van der Waals surface area (Å²) in [6, 6.07) is 12.9. The van der Waals surface area contributed by atoms with Crippen LogP contribution in [0.4, 0.5) is 13.2 Å². The fourth-order valence-electron chi connectivity index (χ4n) is 4.50. The van der Waals surface area contributed by atoms with Crippen molar-refractivity contribution in [2.45, 2.75) is 40.1 Å². The molecule has 210 valence electrons. The number of nitrogens with zero attached hydrogens (tertiary/aromatic N) is 5. The summed E-state index contributed by atoms with van der Waals surface area (Å²) in [7, 11) is 1.61. The van der Waals surface area contributed by atoms with Crippen molar-refractivity contribution in [1.82, 2.24) is 14.5 Å². The molecule has 0 spiro atoms. The summed E-state index contributed by atoms with van der Waals surface area (Å²) in [4.78, 5) is 26.0. The second-order valence-corrected chi connectivity index (χ2v) is 9.57. The van der Waals surface area contributed by atoms with E-state index in [1.165, 1.54) is 12.3 Å². The first-order chi connectivity index (χ1) is 19.5. The third-order valence-corrected chi connectivity index (χ3v) is 6.71. The molecule has 41 heavy (non-hydrogen) atoms. The Labute approximate surface area is 239 Å². The van der Waals surface area contributed by atoms with Gasteiger partial charge in [-0.3, -0.25) is 14.8 Å². The Morgan fingerprint density at radius 2 is 1.90 bits per heavy atom. The van der Waals surface area contributed by atoms with E-state index >= 15 is 0 Å². The molecule has 4 rings (SSSR count). The van der Waals surface area contributed by atoms with Crippen molar-refractivity contribution < 1.29 is 17.9 Å². The molecule has 0 unspecified atom stereocenters. The number of fused-ring (bicyclic) bond motifs is 1. The first kappa shape index (κ1) is 29.5. The number of aryl methyl sites for hydroxylation is 2. The Morgan fingerprint density at radius 1 is 1.17 bits per heavy atom. The number of benzene rings is 1. The smallest absolute Gasteiger partial charge is 0.421 e. The number of hydrogen-bond donors (Lipinski definition) is 0. The number of pyridine rings is 3. The third-order valence-electron chi connectivity index (χ3n) is 6.37. The van der Waals surface area contributed by atoms with Gasteiger partial charge in [-0.2, -0.15) is 18.4 Å². The highest BCUT2D eigenvalue weighted by molar-refractivity contribution is 6.31. The van der Waals surface area contributed by atoms with Crippen LogP contribution in [0.1, 0.15) is 40.7 Å². The minimum Gasteiger partial charge on any atom is -0.486 e. The molecule has 0 amide bonds. The van der Waals surface area contributed by atoms with E-state index in [4.69, 9.17) is 16.3 Å². The summed E-state index contributed by atoms with van der Waals surface area (Å²) in [6.45, 7) is 4.95. The van der Waals surface area contributed by atoms with E-state index in [-0.39, 0.29) is 13.2 Å². The van der Waals surface area contributed by atoms with Crippen molar-refractivity contribution in [3.63, 3.8) is 0 Å². The molecule has 0 saturated heterocycles. The zero-order valence-corrected chi connectivity index (χ0v) is 23.4. The first-order valence-electron chi connectivity index (χ1n) is 12.5. The fraction of sp³-hybridized carbons (Fsp3) is 0.233. The molecule has 0 saturated carbocycles. The Morgan fingerprint density at radius 3 is 2.56 bits per heavy atom. The molecule has 0 aliphatic heterocycles. The number of para-hydroxylation sites is 1. The van der Waals surface area contributed by atoms with Crippen LogP contribution in [0.25, 0.3) is 10.9 Å². The molecule has 7 nitrogen and oxygen atoms in total. The average Bonchev–Trinajstić information content (AvgIpc) is 2.91. The summed E-state index contributed by atoms with van der Waals surface area (Å²) < 4.78 is 47.1. The SMILES string of the molecule is C/C=C(/C#N)C(=NC)c1cc(C)nc2c(OCc3c(Cl)cc(C)nc3Cn3cccc(C(F)(F)F)c3=O)cccc12. The number of halogens is 4. The molecule has 0 aliphatic carbocycles. The summed E-state index contributed by atoms with van der Waals surface area (Å²) in [5.74, 6) is 0.417. The first-order valence-corrected chi connectivity index (χ1v) is 12.8. The van der Waals surface area contributed by atoms with Gasteiger partial charge in [0, 0.05) is 41.1 Å². The maximum absolute atomic E-state index is 13.3. The van der Waals surface area contributed by atoms with Gasteiger partial charge in [-0.1, -0.05) is 29.8 Å².